The van der Waals surface area contributed by atoms with Crippen LogP contribution in [-0.2, 0) is 0 Å². The fraction of sp³-hybridized carbons (Fsp3) is 0. The van der Waals surface area contributed by atoms with Crippen molar-refractivity contribution in [1.29, 1.82) is 10.5 Å². The Bertz CT molecular complexity index is 2620. The van der Waals surface area contributed by atoms with E-state index in [0.29, 0.717) is 16.8 Å². The number of para-hydroxylation sites is 4. The second-order valence-electron chi connectivity index (χ2n) is 10.8. The molecule has 9 aromatic rings. The van der Waals surface area contributed by atoms with E-state index in [1.165, 1.54) is 0 Å². The molecule has 198 valence electrons. The maximum Gasteiger partial charge on any atom is 0.145 e. The molecule has 43 heavy (non-hydrogen) atoms. The number of benzene rings is 6. The molecular weight excluding hydrogens is 528 g/mol. The Morgan fingerprint density at radius 3 is 1.65 bits per heavy atom. The molecule has 3 aromatic heterocycles. The average Bonchev–Trinajstić information content (AvgIpc) is 3.72. The molecule has 6 aromatic carbocycles. The lowest BCUT2D eigenvalue weighted by Crippen LogP contribution is -2.04. The lowest BCUT2D eigenvalue weighted by atomic mass is 10.1. The van der Waals surface area contributed by atoms with Crippen LogP contribution in [0.4, 0.5) is 0 Å². The van der Waals surface area contributed by atoms with Crippen molar-refractivity contribution in [2.45, 2.75) is 0 Å². The van der Waals surface area contributed by atoms with Gasteiger partial charge in [-0.25, -0.2) is 0 Å². The summed E-state index contributed by atoms with van der Waals surface area (Å²) in [6, 6.07) is 45.4. The molecule has 0 aliphatic rings. The zero-order chi connectivity index (χ0) is 28.7. The maximum atomic E-state index is 10.6. The molecule has 0 N–H and O–H groups in total. The Hall–Kier alpha value is -6.30. The van der Waals surface area contributed by atoms with Gasteiger partial charge in [0, 0.05) is 32.6 Å². The summed E-state index contributed by atoms with van der Waals surface area (Å²) in [5.74, 6) is 0. The van der Waals surface area contributed by atoms with E-state index in [1.807, 2.05) is 78.9 Å². The number of nitrogens with zero attached hydrogens (tertiary/aromatic N) is 4. The summed E-state index contributed by atoms with van der Waals surface area (Å²) in [6.07, 6.45) is 0. The fourth-order valence-corrected chi connectivity index (χ4v) is 6.84. The molecule has 0 saturated heterocycles. The standard InChI is InChI=1S/C38H20N4O/c39-21-23-19-25(20-24(22-40)37(23)42-31-13-5-1-9-26(31)27-10-2-6-14-32(27)42)41-33-15-7-3-12-30(33)36-34(41)18-17-29-28-11-4-8-16-35(28)43-38(29)36/h1-20H. The summed E-state index contributed by atoms with van der Waals surface area (Å²) in [6.45, 7) is 0. The van der Waals surface area contributed by atoms with Gasteiger partial charge in [-0.05, 0) is 48.5 Å². The first-order chi connectivity index (χ1) is 21.3. The zero-order valence-corrected chi connectivity index (χ0v) is 22.7. The number of hydrogen-bond acceptors (Lipinski definition) is 3. The first-order valence-electron chi connectivity index (χ1n) is 14.1. The minimum absolute atomic E-state index is 0.427. The van der Waals surface area contributed by atoms with Crippen molar-refractivity contribution in [3.63, 3.8) is 0 Å². The molecule has 3 heterocycles. The molecule has 0 amide bonds. The molecule has 0 aliphatic heterocycles. The molecule has 5 nitrogen and oxygen atoms in total. The predicted molar refractivity (Wildman–Crippen MR) is 172 cm³/mol. The number of aromatic nitrogens is 2. The highest BCUT2D eigenvalue weighted by Gasteiger charge is 2.22. The van der Waals surface area contributed by atoms with Gasteiger partial charge in [-0.2, -0.15) is 10.5 Å². The van der Waals surface area contributed by atoms with E-state index in [0.717, 1.165) is 71.2 Å². The van der Waals surface area contributed by atoms with Crippen molar-refractivity contribution in [2.24, 2.45) is 0 Å². The second-order valence-corrected chi connectivity index (χ2v) is 10.8. The average molecular weight is 549 g/mol. The van der Waals surface area contributed by atoms with E-state index in [2.05, 4.69) is 63.7 Å². The predicted octanol–water partition coefficient (Wildman–Crippen LogP) is 9.52. The Labute approximate surface area is 245 Å². The smallest absolute Gasteiger partial charge is 0.145 e. The van der Waals surface area contributed by atoms with Crippen molar-refractivity contribution in [1.82, 2.24) is 9.13 Å². The molecular formula is C38H20N4O. The van der Waals surface area contributed by atoms with E-state index >= 15 is 0 Å². The quantitative estimate of drug-likeness (QED) is 0.216. The van der Waals surface area contributed by atoms with Crippen LogP contribution in [0.2, 0.25) is 0 Å². The summed E-state index contributed by atoms with van der Waals surface area (Å²) in [4.78, 5) is 0. The zero-order valence-electron chi connectivity index (χ0n) is 22.7. The van der Waals surface area contributed by atoms with Gasteiger partial charge in [-0.15, -0.1) is 0 Å². The Morgan fingerprint density at radius 1 is 0.488 bits per heavy atom. The summed E-state index contributed by atoms with van der Waals surface area (Å²) in [7, 11) is 0. The molecule has 0 aliphatic carbocycles. The van der Waals surface area contributed by atoms with Crippen LogP contribution >= 0.6 is 0 Å². The minimum Gasteiger partial charge on any atom is -0.455 e. The van der Waals surface area contributed by atoms with Crippen molar-refractivity contribution in [3.05, 3.63) is 132 Å². The van der Waals surface area contributed by atoms with E-state index in [-0.39, 0.29) is 0 Å². The normalized spacial score (nSPS) is 11.7. The second kappa shape index (κ2) is 8.60. The Morgan fingerprint density at radius 2 is 1.02 bits per heavy atom. The highest BCUT2D eigenvalue weighted by Crippen LogP contribution is 2.41. The van der Waals surface area contributed by atoms with Crippen LogP contribution in [0.1, 0.15) is 11.1 Å². The van der Waals surface area contributed by atoms with Crippen LogP contribution < -0.4 is 0 Å². The minimum atomic E-state index is 0.427. The van der Waals surface area contributed by atoms with Crippen LogP contribution in [0, 0.1) is 22.7 Å². The van der Waals surface area contributed by atoms with Gasteiger partial charge >= 0.3 is 0 Å². The van der Waals surface area contributed by atoms with Crippen LogP contribution in [-0.4, -0.2) is 9.13 Å². The van der Waals surface area contributed by atoms with Gasteiger partial charge in [0.25, 0.3) is 0 Å². The summed E-state index contributed by atoms with van der Waals surface area (Å²) in [5, 5.41) is 27.4. The SMILES string of the molecule is N#Cc1cc(-n2c3ccccc3c3c4oc5ccccc5c4ccc32)cc(C#N)c1-n1c2ccccc2c2ccccc21. The third-order valence-electron chi connectivity index (χ3n) is 8.58. The third-order valence-corrected chi connectivity index (χ3v) is 8.58. The van der Waals surface area contributed by atoms with Gasteiger partial charge in [-0.1, -0.05) is 72.8 Å². The topological polar surface area (TPSA) is 70.6 Å². The number of fused-ring (bicyclic) bond motifs is 10. The summed E-state index contributed by atoms with van der Waals surface area (Å²) >= 11 is 0. The first kappa shape index (κ1) is 23.4. The molecule has 5 heteroatoms. The van der Waals surface area contributed by atoms with Crippen molar-refractivity contribution in [3.8, 4) is 23.5 Å². The number of nitriles is 2. The van der Waals surface area contributed by atoms with E-state index in [1.54, 1.807) is 0 Å². The lowest BCUT2D eigenvalue weighted by molar-refractivity contribution is 0.673. The van der Waals surface area contributed by atoms with Gasteiger partial charge < -0.3 is 13.6 Å². The van der Waals surface area contributed by atoms with Crippen LogP contribution in [0.5, 0.6) is 0 Å². The van der Waals surface area contributed by atoms with Gasteiger partial charge in [0.05, 0.1) is 44.3 Å². The summed E-state index contributed by atoms with van der Waals surface area (Å²) in [5.41, 5.74) is 7.70. The molecule has 0 radical (unpaired) electrons. The molecule has 0 fully saturated rings. The first-order valence-corrected chi connectivity index (χ1v) is 14.1. The molecule has 9 rings (SSSR count). The highest BCUT2D eigenvalue weighted by molar-refractivity contribution is 6.23. The van der Waals surface area contributed by atoms with Gasteiger partial charge in [-0.3, -0.25) is 0 Å². The third kappa shape index (κ3) is 3.08. The van der Waals surface area contributed by atoms with Gasteiger partial charge in [0.1, 0.15) is 23.3 Å². The fourth-order valence-electron chi connectivity index (χ4n) is 6.84. The largest absolute Gasteiger partial charge is 0.455 e. The van der Waals surface area contributed by atoms with Gasteiger partial charge in [0.15, 0.2) is 0 Å². The van der Waals surface area contributed by atoms with Gasteiger partial charge in [0.2, 0.25) is 0 Å². The molecule has 0 spiro atoms. The van der Waals surface area contributed by atoms with Crippen molar-refractivity contribution >= 4 is 65.6 Å². The highest BCUT2D eigenvalue weighted by atomic mass is 16.3. The van der Waals surface area contributed by atoms with Crippen LogP contribution in [0.3, 0.4) is 0 Å². The Kier molecular flexibility index (Phi) is 4.68. The number of hydrogen-bond donors (Lipinski definition) is 0. The molecule has 0 saturated carbocycles. The molecule has 0 unspecified atom stereocenters. The van der Waals surface area contributed by atoms with Crippen molar-refractivity contribution in [2.75, 3.05) is 0 Å². The number of rotatable bonds is 2. The van der Waals surface area contributed by atoms with E-state index < -0.39 is 0 Å². The van der Waals surface area contributed by atoms with E-state index in [9.17, 15) is 10.5 Å². The van der Waals surface area contributed by atoms with Crippen LogP contribution in [0.25, 0.3) is 76.9 Å². The van der Waals surface area contributed by atoms with Crippen molar-refractivity contribution < 1.29 is 4.42 Å². The monoisotopic (exact) mass is 548 g/mol. The Balaban J connectivity index is 1.39. The van der Waals surface area contributed by atoms with E-state index in [4.69, 9.17) is 4.42 Å². The maximum absolute atomic E-state index is 10.6. The number of furan rings is 1. The molecule has 0 atom stereocenters. The summed E-state index contributed by atoms with van der Waals surface area (Å²) < 4.78 is 10.6. The van der Waals surface area contributed by atoms with Crippen LogP contribution in [0.15, 0.2) is 126 Å². The lowest BCUT2D eigenvalue weighted by Gasteiger charge is -2.15. The molecule has 0 bridgehead atoms.